The first-order valence-corrected chi connectivity index (χ1v) is 5.44. The molecule has 0 saturated carbocycles. The number of nitrogens with zero attached hydrogens (tertiary/aromatic N) is 4. The number of hydrogen-bond acceptors (Lipinski definition) is 5. The lowest BCUT2D eigenvalue weighted by molar-refractivity contribution is -0.389. The first-order valence-electron chi connectivity index (χ1n) is 5.44. The van der Waals surface area contributed by atoms with Crippen LogP contribution < -0.4 is 0 Å². The van der Waals surface area contributed by atoms with Crippen molar-refractivity contribution in [2.45, 2.75) is 12.6 Å². The van der Waals surface area contributed by atoms with Gasteiger partial charge in [0, 0.05) is 0 Å². The molecule has 1 atom stereocenters. The molecule has 96 valence electrons. The molecule has 2 aromatic rings. The number of rotatable bonds is 4. The van der Waals surface area contributed by atoms with Crippen molar-refractivity contribution in [3.63, 3.8) is 0 Å². The van der Waals surface area contributed by atoms with Gasteiger partial charge in [-0.05, 0) is 27.6 Å². The Morgan fingerprint density at radius 1 is 1.47 bits per heavy atom. The molecule has 1 unspecified atom stereocenters. The highest BCUT2D eigenvalue weighted by atomic mass is 16.6. The van der Waals surface area contributed by atoms with Crippen LogP contribution in [-0.4, -0.2) is 19.6 Å². The quantitative estimate of drug-likeness (QED) is 0.659. The lowest BCUT2D eigenvalue weighted by Gasteiger charge is -2.10. The Hall–Kier alpha value is -2.72. The van der Waals surface area contributed by atoms with E-state index >= 15 is 0 Å². The Morgan fingerprint density at radius 2 is 2.16 bits per heavy atom. The van der Waals surface area contributed by atoms with Crippen molar-refractivity contribution in [2.75, 3.05) is 0 Å². The van der Waals surface area contributed by atoms with Crippen LogP contribution in [-0.2, 0) is 6.54 Å². The summed E-state index contributed by atoms with van der Waals surface area (Å²) in [7, 11) is 0. The van der Waals surface area contributed by atoms with E-state index in [1.54, 1.807) is 24.3 Å². The molecule has 1 heterocycles. The Balaban J connectivity index is 2.09. The summed E-state index contributed by atoms with van der Waals surface area (Å²) in [6.45, 7) is 0.159. The van der Waals surface area contributed by atoms with Crippen molar-refractivity contribution in [2.24, 2.45) is 0 Å². The first-order chi connectivity index (χ1) is 9.10. The fourth-order valence-corrected chi connectivity index (χ4v) is 1.63. The van der Waals surface area contributed by atoms with E-state index in [4.69, 9.17) is 5.26 Å². The number of benzene rings is 1. The molecule has 0 aliphatic heterocycles. The second-order valence-electron chi connectivity index (χ2n) is 3.94. The molecule has 0 saturated heterocycles. The molecule has 2 rings (SSSR count). The summed E-state index contributed by atoms with van der Waals surface area (Å²) >= 11 is 0. The van der Waals surface area contributed by atoms with Gasteiger partial charge in [-0.2, -0.15) is 5.26 Å². The predicted octanol–water partition coefficient (Wildman–Crippen LogP) is 1.40. The van der Waals surface area contributed by atoms with Gasteiger partial charge in [-0.3, -0.25) is 0 Å². The summed E-state index contributed by atoms with van der Waals surface area (Å²) in [4.78, 5) is 13.5. The Bertz CT molecular complexity index is 627. The van der Waals surface area contributed by atoms with Gasteiger partial charge in [0.15, 0.2) is 0 Å². The van der Waals surface area contributed by atoms with Crippen molar-refractivity contribution in [3.05, 3.63) is 58.0 Å². The van der Waals surface area contributed by atoms with E-state index in [-0.39, 0.29) is 12.4 Å². The summed E-state index contributed by atoms with van der Waals surface area (Å²) in [6, 6.07) is 8.49. The zero-order valence-electron chi connectivity index (χ0n) is 9.80. The third kappa shape index (κ3) is 2.94. The second-order valence-corrected chi connectivity index (χ2v) is 3.94. The van der Waals surface area contributed by atoms with Crippen LogP contribution in [0.15, 0.2) is 36.8 Å². The highest BCUT2D eigenvalue weighted by molar-refractivity contribution is 5.32. The number of aromatic nitrogens is 2. The molecule has 1 N–H and O–H groups in total. The Kier molecular flexibility index (Phi) is 3.54. The molecule has 0 spiro atoms. The molecule has 1 aromatic carbocycles. The maximum Gasteiger partial charge on any atom is 0.381 e. The molecular formula is C12H10N4O3. The van der Waals surface area contributed by atoms with Gasteiger partial charge in [-0.1, -0.05) is 12.1 Å². The Labute approximate surface area is 108 Å². The molecule has 1 aromatic heterocycles. The maximum atomic E-state index is 10.5. The third-order valence-corrected chi connectivity index (χ3v) is 2.61. The minimum absolute atomic E-state index is 0.159. The number of imidazole rings is 1. The zero-order valence-corrected chi connectivity index (χ0v) is 9.80. The topological polar surface area (TPSA) is 105 Å². The maximum absolute atomic E-state index is 10.5. The van der Waals surface area contributed by atoms with Gasteiger partial charge in [-0.25, -0.2) is 0 Å². The molecule has 0 aliphatic carbocycles. The fourth-order valence-electron chi connectivity index (χ4n) is 1.63. The van der Waals surface area contributed by atoms with Crippen molar-refractivity contribution in [3.8, 4) is 6.07 Å². The lowest BCUT2D eigenvalue weighted by Crippen LogP contribution is -2.07. The van der Waals surface area contributed by atoms with Crippen molar-refractivity contribution < 1.29 is 10.0 Å². The smallest absolute Gasteiger partial charge is 0.381 e. The van der Waals surface area contributed by atoms with Crippen LogP contribution in [0.25, 0.3) is 0 Å². The standard InChI is InChI=1S/C12H10N4O3/c13-5-9-1-3-10(4-2-9)11(17)6-15-7-12(14-8-15)16(18)19/h1-4,7-8,11,17H,6H2. The monoisotopic (exact) mass is 258 g/mol. The largest absolute Gasteiger partial charge is 0.387 e. The first kappa shape index (κ1) is 12.7. The van der Waals surface area contributed by atoms with Gasteiger partial charge in [-0.15, -0.1) is 0 Å². The minimum Gasteiger partial charge on any atom is -0.387 e. The van der Waals surface area contributed by atoms with E-state index in [0.717, 1.165) is 0 Å². The number of aliphatic hydroxyl groups excluding tert-OH is 1. The lowest BCUT2D eigenvalue weighted by atomic mass is 10.1. The predicted molar refractivity (Wildman–Crippen MR) is 65.0 cm³/mol. The number of nitriles is 1. The van der Waals surface area contributed by atoms with Crippen molar-refractivity contribution >= 4 is 5.82 Å². The number of aliphatic hydroxyl groups is 1. The molecule has 7 nitrogen and oxygen atoms in total. The van der Waals surface area contributed by atoms with Crippen molar-refractivity contribution in [1.29, 1.82) is 5.26 Å². The van der Waals surface area contributed by atoms with Crippen LogP contribution in [0.4, 0.5) is 5.82 Å². The van der Waals surface area contributed by atoms with E-state index in [1.807, 2.05) is 6.07 Å². The summed E-state index contributed by atoms with van der Waals surface area (Å²) in [5.41, 5.74) is 1.14. The fraction of sp³-hybridized carbons (Fsp3) is 0.167. The molecule has 19 heavy (non-hydrogen) atoms. The third-order valence-electron chi connectivity index (χ3n) is 2.61. The highest BCUT2D eigenvalue weighted by Gasteiger charge is 2.13. The normalized spacial score (nSPS) is 11.8. The molecule has 0 amide bonds. The zero-order chi connectivity index (χ0) is 13.8. The van der Waals surface area contributed by atoms with Gasteiger partial charge < -0.3 is 19.8 Å². The van der Waals surface area contributed by atoms with E-state index in [2.05, 4.69) is 4.98 Å². The van der Waals surface area contributed by atoms with Gasteiger partial charge in [0.05, 0.1) is 24.3 Å². The molecule has 7 heteroatoms. The summed E-state index contributed by atoms with van der Waals surface area (Å²) in [5, 5.41) is 29.1. The number of nitro groups is 1. The molecule has 0 fully saturated rings. The van der Waals surface area contributed by atoms with E-state index in [1.165, 1.54) is 17.1 Å². The molecule has 0 bridgehead atoms. The summed E-state index contributed by atoms with van der Waals surface area (Å²) in [6.07, 6.45) is 1.74. The summed E-state index contributed by atoms with van der Waals surface area (Å²) in [5.74, 6) is -0.257. The second kappa shape index (κ2) is 5.29. The highest BCUT2D eigenvalue weighted by Crippen LogP contribution is 2.17. The summed E-state index contributed by atoms with van der Waals surface area (Å²) < 4.78 is 1.45. The molecule has 0 aliphatic rings. The molecular weight excluding hydrogens is 248 g/mol. The van der Waals surface area contributed by atoms with Gasteiger partial charge in [0.25, 0.3) is 0 Å². The average Bonchev–Trinajstić information content (AvgIpc) is 2.87. The van der Waals surface area contributed by atoms with Crippen LogP contribution in [0.3, 0.4) is 0 Å². The van der Waals surface area contributed by atoms with Crippen LogP contribution in [0.5, 0.6) is 0 Å². The van der Waals surface area contributed by atoms with Crippen molar-refractivity contribution in [1.82, 2.24) is 9.55 Å². The SMILES string of the molecule is N#Cc1ccc(C(O)Cn2cnc([N+](=O)[O-])c2)cc1. The van der Waals surface area contributed by atoms with Gasteiger partial charge in [0.2, 0.25) is 6.33 Å². The van der Waals surface area contributed by atoms with Crippen LogP contribution >= 0.6 is 0 Å². The van der Waals surface area contributed by atoms with E-state index < -0.39 is 11.0 Å². The van der Waals surface area contributed by atoms with Gasteiger partial charge >= 0.3 is 5.82 Å². The van der Waals surface area contributed by atoms with Crippen LogP contribution in [0.1, 0.15) is 17.2 Å². The number of hydrogen-bond donors (Lipinski definition) is 1. The minimum atomic E-state index is -0.818. The van der Waals surface area contributed by atoms with Gasteiger partial charge in [0.1, 0.15) is 6.20 Å². The van der Waals surface area contributed by atoms with Crippen LogP contribution in [0, 0.1) is 21.4 Å². The Morgan fingerprint density at radius 3 is 2.68 bits per heavy atom. The van der Waals surface area contributed by atoms with E-state index in [9.17, 15) is 15.2 Å². The average molecular weight is 258 g/mol. The van der Waals surface area contributed by atoms with E-state index in [0.29, 0.717) is 11.1 Å². The van der Waals surface area contributed by atoms with Crippen LogP contribution in [0.2, 0.25) is 0 Å². The molecule has 0 radical (unpaired) electrons.